The van der Waals surface area contributed by atoms with Crippen molar-refractivity contribution >= 4 is 12.1 Å². The van der Waals surface area contributed by atoms with Gasteiger partial charge in [0.25, 0.3) is 0 Å². The molecule has 2 aliphatic rings. The number of anilines is 1. The number of aliphatic imine (C=N–C) groups is 1. The minimum absolute atomic E-state index is 0.290. The maximum atomic E-state index is 5.19. The van der Waals surface area contributed by atoms with Crippen LogP contribution < -0.4 is 4.90 Å². The Balaban J connectivity index is 1.76. The van der Waals surface area contributed by atoms with E-state index in [0.29, 0.717) is 6.04 Å². The van der Waals surface area contributed by atoms with Crippen molar-refractivity contribution in [2.45, 2.75) is 32.2 Å². The third-order valence-corrected chi connectivity index (χ3v) is 3.89. The molecule has 0 aromatic heterocycles. The van der Waals surface area contributed by atoms with Gasteiger partial charge in [-0.05, 0) is 49.4 Å². The van der Waals surface area contributed by atoms with Crippen LogP contribution in [0.5, 0.6) is 0 Å². The van der Waals surface area contributed by atoms with Gasteiger partial charge >= 0.3 is 0 Å². The quantitative estimate of drug-likeness (QED) is 0.812. The summed E-state index contributed by atoms with van der Waals surface area (Å²) in [5.74, 6) is 0. The van der Waals surface area contributed by atoms with Crippen LogP contribution in [0.4, 0.5) is 5.69 Å². The Kier molecular flexibility index (Phi) is 3.22. The molecule has 0 saturated carbocycles. The highest BCUT2D eigenvalue weighted by atomic mass is 16.5. The normalized spacial score (nSPS) is 20.8. The Morgan fingerprint density at radius 1 is 1.33 bits per heavy atom. The fraction of sp³-hybridized carbons (Fsp3) is 0.533. The predicted octanol–water partition coefficient (Wildman–Crippen LogP) is 2.43. The third-order valence-electron chi connectivity index (χ3n) is 3.89. The van der Waals surface area contributed by atoms with E-state index in [2.05, 4.69) is 35.0 Å². The second-order valence-electron chi connectivity index (χ2n) is 5.09. The number of rotatable bonds is 4. The summed E-state index contributed by atoms with van der Waals surface area (Å²) < 4.78 is 5.19. The fourth-order valence-corrected chi connectivity index (χ4v) is 2.85. The van der Waals surface area contributed by atoms with Crippen LogP contribution in [0.25, 0.3) is 0 Å². The second-order valence-corrected chi connectivity index (χ2v) is 5.09. The third kappa shape index (κ3) is 2.22. The highest BCUT2D eigenvalue weighted by Gasteiger charge is 2.18. The lowest BCUT2D eigenvalue weighted by molar-refractivity contribution is 0.328. The summed E-state index contributed by atoms with van der Waals surface area (Å²) in [5, 5.41) is 0. The van der Waals surface area contributed by atoms with Crippen LogP contribution in [0.2, 0.25) is 0 Å². The molecular weight excluding hydrogens is 224 g/mol. The lowest BCUT2D eigenvalue weighted by Gasteiger charge is -2.25. The first-order valence-electron chi connectivity index (χ1n) is 6.87. The predicted molar refractivity (Wildman–Crippen MR) is 74.6 cm³/mol. The first-order chi connectivity index (χ1) is 8.86. The Hall–Kier alpha value is -1.51. The van der Waals surface area contributed by atoms with Gasteiger partial charge in [-0.15, -0.1) is 0 Å². The lowest BCUT2D eigenvalue weighted by Crippen LogP contribution is -2.32. The van der Waals surface area contributed by atoms with Crippen LogP contribution >= 0.6 is 0 Å². The molecule has 0 radical (unpaired) electrons. The number of hydrogen-bond donors (Lipinski definition) is 0. The van der Waals surface area contributed by atoms with Crippen LogP contribution in [-0.2, 0) is 17.6 Å². The summed E-state index contributed by atoms with van der Waals surface area (Å²) in [6.45, 7) is 4.89. The van der Waals surface area contributed by atoms with E-state index in [1.807, 2.05) is 0 Å². The van der Waals surface area contributed by atoms with Gasteiger partial charge in [0.1, 0.15) is 12.6 Å². The van der Waals surface area contributed by atoms with Crippen molar-refractivity contribution < 1.29 is 4.74 Å². The van der Waals surface area contributed by atoms with Crippen molar-refractivity contribution in [3.05, 3.63) is 29.3 Å². The zero-order valence-corrected chi connectivity index (χ0v) is 10.9. The summed E-state index contributed by atoms with van der Waals surface area (Å²) in [4.78, 5) is 6.73. The molecule has 3 heteroatoms. The molecule has 1 unspecified atom stereocenters. The number of hydrogen-bond acceptors (Lipinski definition) is 3. The van der Waals surface area contributed by atoms with Gasteiger partial charge in [-0.25, -0.2) is 4.99 Å². The summed E-state index contributed by atoms with van der Waals surface area (Å²) in [6.07, 6.45) is 5.39. The maximum absolute atomic E-state index is 5.19. The Morgan fingerprint density at radius 2 is 2.22 bits per heavy atom. The van der Waals surface area contributed by atoms with Crippen molar-refractivity contribution in [1.29, 1.82) is 0 Å². The summed E-state index contributed by atoms with van der Waals surface area (Å²) in [7, 11) is 0. The number of aryl methyl sites for hydroxylation is 2. The Morgan fingerprint density at radius 3 is 3.00 bits per heavy atom. The average molecular weight is 244 g/mol. The minimum atomic E-state index is 0.290. The molecule has 96 valence electrons. The zero-order valence-electron chi connectivity index (χ0n) is 10.9. The van der Waals surface area contributed by atoms with Crippen molar-refractivity contribution in [3.8, 4) is 0 Å². The van der Waals surface area contributed by atoms with Crippen LogP contribution in [-0.4, -0.2) is 32.1 Å². The van der Waals surface area contributed by atoms with Crippen molar-refractivity contribution in [1.82, 2.24) is 0 Å². The molecule has 3 rings (SSSR count). The molecule has 0 spiro atoms. The second kappa shape index (κ2) is 5.01. The summed E-state index contributed by atoms with van der Waals surface area (Å²) in [5.41, 5.74) is 4.41. The molecule has 0 bridgehead atoms. The molecule has 0 amide bonds. The number of nitrogens with zero attached hydrogens (tertiary/aromatic N) is 2. The molecule has 1 aliphatic carbocycles. The molecule has 0 saturated heterocycles. The first-order valence-corrected chi connectivity index (χ1v) is 6.87. The van der Waals surface area contributed by atoms with E-state index < -0.39 is 0 Å². The van der Waals surface area contributed by atoms with Crippen LogP contribution in [0.15, 0.2) is 23.2 Å². The lowest BCUT2D eigenvalue weighted by atomic mass is 10.1. The van der Waals surface area contributed by atoms with Crippen LogP contribution in [0.3, 0.4) is 0 Å². The summed E-state index contributed by atoms with van der Waals surface area (Å²) >= 11 is 0. The number of fused-ring (bicyclic) bond motifs is 1. The van der Waals surface area contributed by atoms with E-state index in [4.69, 9.17) is 4.74 Å². The van der Waals surface area contributed by atoms with Gasteiger partial charge in [0.05, 0.1) is 0 Å². The van der Waals surface area contributed by atoms with Crippen molar-refractivity contribution in [2.24, 2.45) is 4.99 Å². The topological polar surface area (TPSA) is 24.8 Å². The van der Waals surface area contributed by atoms with Crippen LogP contribution in [0.1, 0.15) is 24.5 Å². The monoisotopic (exact) mass is 244 g/mol. The number of likely N-dealkylation sites (N-methyl/N-ethyl adjacent to an activating group) is 1. The Bertz CT molecular complexity index is 456. The molecule has 18 heavy (non-hydrogen) atoms. The van der Waals surface area contributed by atoms with Gasteiger partial charge < -0.3 is 9.64 Å². The molecule has 1 aliphatic heterocycles. The molecule has 0 fully saturated rings. The van der Waals surface area contributed by atoms with E-state index in [-0.39, 0.29) is 0 Å². The fourth-order valence-electron chi connectivity index (χ4n) is 2.85. The van der Waals surface area contributed by atoms with Crippen molar-refractivity contribution in [3.63, 3.8) is 0 Å². The molecule has 1 atom stereocenters. The van der Waals surface area contributed by atoms with E-state index in [9.17, 15) is 0 Å². The molecule has 1 aromatic rings. The van der Waals surface area contributed by atoms with E-state index in [0.717, 1.165) is 19.7 Å². The molecular formula is C15H20N2O. The summed E-state index contributed by atoms with van der Waals surface area (Å²) in [6, 6.07) is 7.21. The molecule has 1 heterocycles. The van der Waals surface area contributed by atoms with Crippen molar-refractivity contribution in [2.75, 3.05) is 24.6 Å². The smallest absolute Gasteiger partial charge is 0.169 e. The number of benzene rings is 1. The van der Waals surface area contributed by atoms with Gasteiger partial charge in [0, 0.05) is 18.8 Å². The van der Waals surface area contributed by atoms with E-state index >= 15 is 0 Å². The van der Waals surface area contributed by atoms with Gasteiger partial charge in [-0.3, -0.25) is 0 Å². The highest BCUT2D eigenvalue weighted by molar-refractivity contribution is 5.53. The molecule has 3 nitrogen and oxygen atoms in total. The standard InChI is InChI=1S/C15H20N2O/c1-2-17(9-14-10-18-11-16-14)15-7-6-12-4-3-5-13(12)8-15/h6-8,11,14H,2-5,9-10H2,1H3. The van der Waals surface area contributed by atoms with E-state index in [1.54, 1.807) is 6.40 Å². The largest absolute Gasteiger partial charge is 0.481 e. The minimum Gasteiger partial charge on any atom is -0.481 e. The zero-order chi connectivity index (χ0) is 12.4. The van der Waals surface area contributed by atoms with Gasteiger partial charge in [0.15, 0.2) is 6.40 Å². The molecule has 1 aromatic carbocycles. The van der Waals surface area contributed by atoms with Crippen LogP contribution in [0, 0.1) is 0 Å². The van der Waals surface area contributed by atoms with Gasteiger partial charge in [-0.1, -0.05) is 6.07 Å². The van der Waals surface area contributed by atoms with E-state index in [1.165, 1.54) is 36.1 Å². The number of ether oxygens (including phenoxy) is 1. The van der Waals surface area contributed by atoms with Gasteiger partial charge in [0.2, 0.25) is 0 Å². The first kappa shape index (κ1) is 11.6. The SMILES string of the molecule is CCN(CC1COC=N1)c1ccc2c(c1)CCC2. The van der Waals surface area contributed by atoms with Gasteiger partial charge in [-0.2, -0.15) is 0 Å². The molecule has 0 N–H and O–H groups in total. The average Bonchev–Trinajstić information content (AvgIpc) is 3.06. The maximum Gasteiger partial charge on any atom is 0.169 e. The highest BCUT2D eigenvalue weighted by Crippen LogP contribution is 2.27. The Labute approximate surface area is 108 Å².